The Hall–Kier alpha value is -2.69. The molecule has 1 N–H and O–H groups in total. The minimum Gasteiger partial charge on any atom is -0.352 e. The molecule has 5 heteroatoms. The summed E-state index contributed by atoms with van der Waals surface area (Å²) in [6.07, 6.45) is 9.05. The topological polar surface area (TPSA) is 62.3 Å². The van der Waals surface area contributed by atoms with Crippen LogP contribution in [0.25, 0.3) is 0 Å². The van der Waals surface area contributed by atoms with Crippen molar-refractivity contribution < 1.29 is 9.59 Å². The van der Waals surface area contributed by atoms with Crippen molar-refractivity contribution in [2.45, 2.75) is 38.6 Å². The van der Waals surface area contributed by atoms with Crippen molar-refractivity contribution in [3.05, 3.63) is 66.0 Å². The van der Waals surface area contributed by atoms with Gasteiger partial charge >= 0.3 is 0 Å². The average Bonchev–Trinajstić information content (AvgIpc) is 3.12. The van der Waals surface area contributed by atoms with E-state index in [1.54, 1.807) is 12.4 Å². The number of amides is 2. The highest BCUT2D eigenvalue weighted by molar-refractivity contribution is 5.95. The Kier molecular flexibility index (Phi) is 5.42. The number of hydrogen-bond donors (Lipinski definition) is 1. The molecule has 0 radical (unpaired) electrons. The van der Waals surface area contributed by atoms with Crippen molar-refractivity contribution in [2.75, 3.05) is 13.1 Å². The van der Waals surface area contributed by atoms with Gasteiger partial charge in [0, 0.05) is 43.0 Å². The summed E-state index contributed by atoms with van der Waals surface area (Å²) < 4.78 is 0. The van der Waals surface area contributed by atoms with Crippen molar-refractivity contribution >= 4 is 11.8 Å². The van der Waals surface area contributed by atoms with Crippen LogP contribution in [0, 0.1) is 11.3 Å². The first-order chi connectivity index (χ1) is 13.7. The van der Waals surface area contributed by atoms with Gasteiger partial charge in [0.25, 0.3) is 5.91 Å². The van der Waals surface area contributed by atoms with Crippen LogP contribution >= 0.6 is 0 Å². The molecular weight excluding hydrogens is 350 g/mol. The number of carbonyl (C=O) groups excluding carboxylic acids is 2. The van der Waals surface area contributed by atoms with Crippen molar-refractivity contribution in [1.82, 2.24) is 15.2 Å². The zero-order chi connectivity index (χ0) is 19.4. The monoisotopic (exact) mass is 377 g/mol. The smallest absolute Gasteiger partial charge is 0.253 e. The first-order valence-electron chi connectivity index (χ1n) is 10.2. The maximum absolute atomic E-state index is 13.1. The summed E-state index contributed by atoms with van der Waals surface area (Å²) in [7, 11) is 0. The predicted molar refractivity (Wildman–Crippen MR) is 107 cm³/mol. The van der Waals surface area contributed by atoms with E-state index in [4.69, 9.17) is 0 Å². The number of carbonyl (C=O) groups is 2. The molecule has 1 aliphatic carbocycles. The van der Waals surface area contributed by atoms with Crippen molar-refractivity contribution in [1.29, 1.82) is 0 Å². The number of pyridine rings is 1. The van der Waals surface area contributed by atoms with E-state index in [2.05, 4.69) is 10.3 Å². The normalized spacial score (nSPS) is 20.9. The third-order valence-corrected chi connectivity index (χ3v) is 6.31. The van der Waals surface area contributed by atoms with E-state index < -0.39 is 0 Å². The Morgan fingerprint density at radius 2 is 1.86 bits per heavy atom. The Labute approximate surface area is 166 Å². The number of likely N-dealkylation sites (tertiary alicyclic amines) is 1. The second-order valence-corrected chi connectivity index (χ2v) is 8.11. The molecule has 2 aliphatic rings. The van der Waals surface area contributed by atoms with Gasteiger partial charge in [-0.3, -0.25) is 14.6 Å². The van der Waals surface area contributed by atoms with Crippen molar-refractivity contribution in [2.24, 2.45) is 11.3 Å². The summed E-state index contributed by atoms with van der Waals surface area (Å²) in [6.45, 7) is 1.67. The van der Waals surface area contributed by atoms with Gasteiger partial charge in [0.1, 0.15) is 0 Å². The highest BCUT2D eigenvalue weighted by Gasteiger charge is 2.51. The lowest BCUT2D eigenvalue weighted by atomic mass is 9.67. The molecule has 1 atom stereocenters. The van der Waals surface area contributed by atoms with E-state index in [-0.39, 0.29) is 23.1 Å². The van der Waals surface area contributed by atoms with E-state index in [1.165, 1.54) is 6.42 Å². The highest BCUT2D eigenvalue weighted by Crippen LogP contribution is 2.48. The SMILES string of the molecule is O=C(NCc1cccnc1)[C@H]1CN(C(=O)c2ccccc2)CC12CCCCC2. The minimum absolute atomic E-state index is 0.0353. The molecule has 5 nitrogen and oxygen atoms in total. The zero-order valence-corrected chi connectivity index (χ0v) is 16.1. The van der Waals surface area contributed by atoms with Gasteiger partial charge in [-0.1, -0.05) is 43.5 Å². The van der Waals surface area contributed by atoms with Crippen molar-refractivity contribution in [3.8, 4) is 0 Å². The molecule has 1 aliphatic heterocycles. The third kappa shape index (κ3) is 3.79. The first kappa shape index (κ1) is 18.7. The number of benzene rings is 1. The van der Waals surface area contributed by atoms with Crippen LogP contribution in [0.1, 0.15) is 48.0 Å². The fraction of sp³-hybridized carbons (Fsp3) is 0.435. The molecule has 1 saturated carbocycles. The van der Waals surface area contributed by atoms with Crippen LogP contribution in [0.15, 0.2) is 54.9 Å². The second kappa shape index (κ2) is 8.13. The molecule has 0 bridgehead atoms. The Morgan fingerprint density at radius 3 is 2.57 bits per heavy atom. The van der Waals surface area contributed by atoms with Gasteiger partial charge in [0.05, 0.1) is 5.92 Å². The Bertz CT molecular complexity index is 816. The summed E-state index contributed by atoms with van der Waals surface area (Å²) in [4.78, 5) is 32.1. The van der Waals surface area contributed by atoms with Crippen LogP contribution in [0.5, 0.6) is 0 Å². The minimum atomic E-state index is -0.142. The lowest BCUT2D eigenvalue weighted by molar-refractivity contribution is -0.128. The van der Waals surface area contributed by atoms with Gasteiger partial charge in [0.2, 0.25) is 5.91 Å². The highest BCUT2D eigenvalue weighted by atomic mass is 16.2. The number of nitrogens with zero attached hydrogens (tertiary/aromatic N) is 2. The van der Waals surface area contributed by atoms with E-state index in [0.717, 1.165) is 31.2 Å². The summed E-state index contributed by atoms with van der Waals surface area (Å²) in [5.74, 6) is -0.0423. The van der Waals surface area contributed by atoms with Crippen LogP contribution in [-0.4, -0.2) is 34.8 Å². The fourth-order valence-electron chi connectivity index (χ4n) is 4.83. The Morgan fingerprint density at radius 1 is 1.07 bits per heavy atom. The van der Waals surface area contributed by atoms with Crippen LogP contribution < -0.4 is 5.32 Å². The number of rotatable bonds is 4. The standard InChI is InChI=1S/C23H27N3O2/c27-21(25-15-18-8-7-13-24-14-18)20-16-26(17-23(20)11-5-2-6-12-23)22(28)19-9-3-1-4-10-19/h1,3-4,7-10,13-14,20H,2,5-6,11-12,15-17H2,(H,25,27)/t20-/m1/s1. The van der Waals surface area contributed by atoms with Gasteiger partial charge in [-0.15, -0.1) is 0 Å². The molecule has 4 rings (SSSR count). The fourth-order valence-corrected chi connectivity index (χ4v) is 4.83. The van der Waals surface area contributed by atoms with Gasteiger partial charge in [-0.2, -0.15) is 0 Å². The molecule has 1 aromatic carbocycles. The summed E-state index contributed by atoms with van der Waals surface area (Å²) in [5, 5.41) is 3.09. The van der Waals surface area contributed by atoms with E-state index >= 15 is 0 Å². The first-order valence-corrected chi connectivity index (χ1v) is 10.2. The van der Waals surface area contributed by atoms with Crippen LogP contribution in [-0.2, 0) is 11.3 Å². The predicted octanol–water partition coefficient (Wildman–Crippen LogP) is 3.42. The molecule has 1 spiro atoms. The molecule has 2 aromatic rings. The zero-order valence-electron chi connectivity index (χ0n) is 16.1. The summed E-state index contributed by atoms with van der Waals surface area (Å²) in [5.41, 5.74) is 1.61. The van der Waals surface area contributed by atoms with Crippen LogP contribution in [0.4, 0.5) is 0 Å². The van der Waals surface area contributed by atoms with E-state index in [1.807, 2.05) is 47.4 Å². The summed E-state index contributed by atoms with van der Waals surface area (Å²) >= 11 is 0. The van der Waals surface area contributed by atoms with Gasteiger partial charge in [-0.25, -0.2) is 0 Å². The number of aromatic nitrogens is 1. The lowest BCUT2D eigenvalue weighted by Gasteiger charge is -2.37. The average molecular weight is 377 g/mol. The van der Waals surface area contributed by atoms with E-state index in [0.29, 0.717) is 25.2 Å². The van der Waals surface area contributed by atoms with Gasteiger partial charge in [-0.05, 0) is 36.6 Å². The molecule has 28 heavy (non-hydrogen) atoms. The molecule has 146 valence electrons. The number of nitrogens with one attached hydrogen (secondary N) is 1. The van der Waals surface area contributed by atoms with Gasteiger partial charge in [0.15, 0.2) is 0 Å². The largest absolute Gasteiger partial charge is 0.352 e. The third-order valence-electron chi connectivity index (χ3n) is 6.31. The van der Waals surface area contributed by atoms with Crippen LogP contribution in [0.3, 0.4) is 0 Å². The second-order valence-electron chi connectivity index (χ2n) is 8.11. The van der Waals surface area contributed by atoms with E-state index in [9.17, 15) is 9.59 Å². The van der Waals surface area contributed by atoms with Crippen LogP contribution in [0.2, 0.25) is 0 Å². The quantitative estimate of drug-likeness (QED) is 0.888. The van der Waals surface area contributed by atoms with Gasteiger partial charge < -0.3 is 10.2 Å². The molecule has 2 heterocycles. The molecule has 1 aromatic heterocycles. The molecule has 2 fully saturated rings. The molecule has 2 amide bonds. The Balaban J connectivity index is 1.50. The summed E-state index contributed by atoms with van der Waals surface area (Å²) in [6, 6.07) is 13.2. The van der Waals surface area contributed by atoms with Crippen molar-refractivity contribution in [3.63, 3.8) is 0 Å². The maximum atomic E-state index is 13.1. The molecule has 0 unspecified atom stereocenters. The number of hydrogen-bond acceptors (Lipinski definition) is 3. The maximum Gasteiger partial charge on any atom is 0.253 e. The molecule has 1 saturated heterocycles. The molecular formula is C23H27N3O2. The lowest BCUT2D eigenvalue weighted by Crippen LogP contribution is -2.42.